The molecule has 4 N–H and O–H groups in total. The van der Waals surface area contributed by atoms with E-state index in [4.69, 9.17) is 20.4 Å². The van der Waals surface area contributed by atoms with E-state index < -0.39 is 35.9 Å². The van der Waals surface area contributed by atoms with Gasteiger partial charge < -0.3 is 20.4 Å². The summed E-state index contributed by atoms with van der Waals surface area (Å²) in [5.74, 6) is -3.59. The Morgan fingerprint density at radius 1 is 1.00 bits per heavy atom. The highest BCUT2D eigenvalue weighted by Crippen LogP contribution is 2.64. The first-order valence-electron chi connectivity index (χ1n) is 3.92. The molecule has 1 fully saturated rings. The van der Waals surface area contributed by atoms with Gasteiger partial charge in [-0.25, -0.2) is 0 Å². The zero-order valence-corrected chi connectivity index (χ0v) is 7.34. The van der Waals surface area contributed by atoms with Crippen molar-refractivity contribution in [2.24, 2.45) is 5.41 Å². The maximum absolute atomic E-state index is 12.4. The molecule has 1 rings (SSSR count). The van der Waals surface area contributed by atoms with Gasteiger partial charge in [0.15, 0.2) is 13.5 Å². The maximum atomic E-state index is 12.4. The highest BCUT2D eigenvalue weighted by molar-refractivity contribution is 6.13. The molecule has 8 heteroatoms. The summed E-state index contributed by atoms with van der Waals surface area (Å²) in [4.78, 5) is 0. The first-order chi connectivity index (χ1) is 5.96. The summed E-state index contributed by atoms with van der Waals surface area (Å²) in [6.45, 7) is 0. The van der Waals surface area contributed by atoms with Crippen molar-refractivity contribution in [1.29, 1.82) is 0 Å². The second-order valence-electron chi connectivity index (χ2n) is 3.77. The van der Waals surface area contributed by atoms with Crippen molar-refractivity contribution in [3.63, 3.8) is 0 Å². The third kappa shape index (κ3) is 1.33. The van der Waals surface area contributed by atoms with Gasteiger partial charge in [-0.2, -0.15) is 13.2 Å². The molecule has 0 saturated heterocycles. The van der Waals surface area contributed by atoms with Crippen LogP contribution in [0.5, 0.6) is 0 Å². The van der Waals surface area contributed by atoms with Crippen LogP contribution in [-0.4, -0.2) is 45.9 Å². The fourth-order valence-corrected chi connectivity index (χ4v) is 1.41. The third-order valence-electron chi connectivity index (χ3n) is 2.62. The van der Waals surface area contributed by atoms with Crippen molar-refractivity contribution < 1.29 is 33.6 Å². The van der Waals surface area contributed by atoms with E-state index in [-0.39, 0.29) is 0 Å². The molecule has 0 bridgehead atoms. The highest BCUT2D eigenvalue weighted by Gasteiger charge is 2.77. The first-order valence-corrected chi connectivity index (χ1v) is 3.92. The largest absolute Gasteiger partial charge is 0.399 e. The predicted octanol–water partition coefficient (Wildman–Crippen LogP) is -1.72. The topological polar surface area (TPSA) is 80.9 Å². The summed E-state index contributed by atoms with van der Waals surface area (Å²) in [5, 5.41) is 35.9. The van der Waals surface area contributed by atoms with Crippen LogP contribution in [0.2, 0.25) is 0 Å². The smallest absolute Gasteiger partial charge is 0.369 e. The molecule has 1 aliphatic carbocycles. The molecule has 0 aliphatic heterocycles. The van der Waals surface area contributed by atoms with Crippen molar-refractivity contribution in [3.05, 3.63) is 0 Å². The molecule has 0 aromatic rings. The SMILES string of the molecule is BC(O)(O)C(O)(O)C1(C(F)(F)F)CC1. The van der Waals surface area contributed by atoms with Gasteiger partial charge in [-0.15, -0.1) is 0 Å². The van der Waals surface area contributed by atoms with Crippen LogP contribution in [0.1, 0.15) is 12.8 Å². The van der Waals surface area contributed by atoms with Crippen LogP contribution in [0.4, 0.5) is 13.2 Å². The van der Waals surface area contributed by atoms with Gasteiger partial charge >= 0.3 is 6.18 Å². The van der Waals surface area contributed by atoms with E-state index in [0.29, 0.717) is 7.85 Å². The first kappa shape index (κ1) is 11.8. The Labute approximate surface area is 78.4 Å². The van der Waals surface area contributed by atoms with Gasteiger partial charge in [0.1, 0.15) is 5.41 Å². The van der Waals surface area contributed by atoms with Crippen molar-refractivity contribution in [3.8, 4) is 0 Å². The van der Waals surface area contributed by atoms with E-state index in [0.717, 1.165) is 0 Å². The van der Waals surface area contributed by atoms with Gasteiger partial charge in [-0.1, -0.05) is 0 Å². The van der Waals surface area contributed by atoms with E-state index in [2.05, 4.69) is 0 Å². The summed E-state index contributed by atoms with van der Waals surface area (Å²) < 4.78 is 37.1. The van der Waals surface area contributed by atoms with Gasteiger partial charge in [0.2, 0.25) is 5.79 Å². The molecular formula is C6H10BF3O4. The molecular weight excluding hydrogens is 204 g/mol. The minimum absolute atomic E-state index is 0.499. The average molecular weight is 214 g/mol. The van der Waals surface area contributed by atoms with Crippen LogP contribution in [-0.2, 0) is 0 Å². The molecule has 4 nitrogen and oxygen atoms in total. The van der Waals surface area contributed by atoms with Crippen molar-refractivity contribution >= 4 is 7.85 Å². The van der Waals surface area contributed by atoms with Crippen LogP contribution in [0, 0.1) is 5.41 Å². The molecule has 0 amide bonds. The van der Waals surface area contributed by atoms with Crippen LogP contribution in [0.15, 0.2) is 0 Å². The molecule has 0 unspecified atom stereocenters. The Hall–Kier alpha value is -0.305. The molecule has 0 spiro atoms. The van der Waals surface area contributed by atoms with Crippen LogP contribution in [0.3, 0.4) is 0 Å². The quantitative estimate of drug-likeness (QED) is 0.325. The lowest BCUT2D eigenvalue weighted by molar-refractivity contribution is -0.388. The van der Waals surface area contributed by atoms with E-state index in [1.165, 1.54) is 0 Å². The second-order valence-corrected chi connectivity index (χ2v) is 3.77. The van der Waals surface area contributed by atoms with Crippen LogP contribution < -0.4 is 0 Å². The minimum atomic E-state index is -4.87. The molecule has 14 heavy (non-hydrogen) atoms. The van der Waals surface area contributed by atoms with Crippen molar-refractivity contribution in [2.75, 3.05) is 0 Å². The molecule has 0 atom stereocenters. The maximum Gasteiger partial charge on any atom is 0.399 e. The Morgan fingerprint density at radius 3 is 1.43 bits per heavy atom. The van der Waals surface area contributed by atoms with Gasteiger partial charge in [0, 0.05) is 0 Å². The summed E-state index contributed by atoms with van der Waals surface area (Å²) >= 11 is 0. The van der Waals surface area contributed by atoms with Gasteiger partial charge in [0.05, 0.1) is 0 Å². The normalized spacial score (nSPS) is 22.2. The molecule has 0 aromatic heterocycles. The fraction of sp³-hybridized carbons (Fsp3) is 1.00. The van der Waals surface area contributed by atoms with Crippen LogP contribution in [0.25, 0.3) is 0 Å². The summed E-state index contributed by atoms with van der Waals surface area (Å²) in [6, 6.07) is 0. The Kier molecular flexibility index (Phi) is 2.21. The Morgan fingerprint density at radius 2 is 1.36 bits per heavy atom. The summed E-state index contributed by atoms with van der Waals surface area (Å²) in [7, 11) is 0.499. The Balaban J connectivity index is 3.05. The lowest BCUT2D eigenvalue weighted by atomic mass is 9.76. The number of halogens is 3. The fourth-order valence-electron chi connectivity index (χ4n) is 1.41. The van der Waals surface area contributed by atoms with E-state index in [9.17, 15) is 13.2 Å². The Bertz CT molecular complexity index is 226. The number of aliphatic hydroxyl groups is 4. The molecule has 0 heterocycles. The molecule has 1 aliphatic rings. The van der Waals surface area contributed by atoms with E-state index in [1.54, 1.807) is 0 Å². The standard InChI is InChI=1S/C6H10BF3O4/c7-5(13,14)4(11,12)3(1-2-3)6(8,9)10/h11-14H,1-2,7H2. The zero-order valence-electron chi connectivity index (χ0n) is 7.34. The molecule has 82 valence electrons. The van der Waals surface area contributed by atoms with Crippen LogP contribution >= 0.6 is 0 Å². The summed E-state index contributed by atoms with van der Waals surface area (Å²) in [5.41, 5.74) is -6.03. The highest BCUT2D eigenvalue weighted by atomic mass is 19.4. The average Bonchev–Trinajstić information content (AvgIpc) is 2.58. The number of alkyl halides is 3. The van der Waals surface area contributed by atoms with Crippen molar-refractivity contribution in [1.82, 2.24) is 0 Å². The zero-order chi connectivity index (χ0) is 11.4. The van der Waals surface area contributed by atoms with E-state index in [1.807, 2.05) is 0 Å². The molecule has 1 saturated carbocycles. The summed E-state index contributed by atoms with van der Waals surface area (Å²) in [6.07, 6.45) is -5.93. The van der Waals surface area contributed by atoms with Gasteiger partial charge in [-0.05, 0) is 12.8 Å². The molecule has 0 aromatic carbocycles. The van der Waals surface area contributed by atoms with E-state index >= 15 is 0 Å². The molecule has 0 radical (unpaired) electrons. The second kappa shape index (κ2) is 2.63. The predicted molar refractivity (Wildman–Crippen MR) is 40.6 cm³/mol. The lowest BCUT2D eigenvalue weighted by Gasteiger charge is -2.40. The van der Waals surface area contributed by atoms with Crippen molar-refractivity contribution in [2.45, 2.75) is 30.5 Å². The monoisotopic (exact) mass is 214 g/mol. The number of hydrogen-bond acceptors (Lipinski definition) is 4. The lowest BCUT2D eigenvalue weighted by Crippen LogP contribution is -2.64. The van der Waals surface area contributed by atoms with Gasteiger partial charge in [0.25, 0.3) is 0 Å². The number of hydrogen-bond donors (Lipinski definition) is 4. The minimum Gasteiger partial charge on any atom is -0.369 e. The van der Waals surface area contributed by atoms with Gasteiger partial charge in [-0.3, -0.25) is 0 Å². The third-order valence-corrected chi connectivity index (χ3v) is 2.62. The number of rotatable bonds is 2.